The van der Waals surface area contributed by atoms with Crippen molar-refractivity contribution in [3.63, 3.8) is 0 Å². The van der Waals surface area contributed by atoms with Crippen molar-refractivity contribution in [2.24, 2.45) is 5.92 Å². The first-order valence-corrected chi connectivity index (χ1v) is 4.89. The molecule has 1 aliphatic carbocycles. The van der Waals surface area contributed by atoms with Gasteiger partial charge in [0, 0.05) is 0 Å². The Morgan fingerprint density at radius 2 is 1.75 bits per heavy atom. The van der Waals surface area contributed by atoms with Gasteiger partial charge in [0.05, 0.1) is 0 Å². The Hall–Kier alpha value is 0.557. The third-order valence-electron chi connectivity index (χ3n) is 3.21. The maximum atomic E-state index is 12.1. The molecule has 1 rings (SSSR count). The Morgan fingerprint density at radius 3 is 2.17 bits per heavy atom. The maximum absolute atomic E-state index is 12.1. The summed E-state index contributed by atoms with van der Waals surface area (Å²) in [5, 5.41) is 12.1. The molecule has 0 radical (unpaired) electrons. The quantitative estimate of drug-likeness (QED) is 0.483. The van der Waals surface area contributed by atoms with E-state index in [-0.39, 0.29) is 18.9 Å². The van der Waals surface area contributed by atoms with Crippen molar-refractivity contribution < 1.29 is 24.0 Å². The summed E-state index contributed by atoms with van der Waals surface area (Å²) in [7, 11) is 0. The summed E-state index contributed by atoms with van der Waals surface area (Å²) in [6, 6.07) is 0. The van der Waals surface area contributed by atoms with Crippen molar-refractivity contribution in [3.8, 4) is 0 Å². The third-order valence-corrected chi connectivity index (χ3v) is 3.21. The van der Waals surface area contributed by atoms with Crippen LogP contribution in [0.15, 0.2) is 0 Å². The summed E-state index contributed by atoms with van der Waals surface area (Å²) < 4.78 is 0. The zero-order chi connectivity index (χ0) is 8.32. The van der Waals surface area contributed by atoms with Crippen LogP contribution < -0.4 is 24.0 Å². The van der Waals surface area contributed by atoms with Gasteiger partial charge in [0.25, 0.3) is 0 Å². The van der Waals surface area contributed by atoms with Crippen LogP contribution in [0.25, 0.3) is 0 Å². The van der Waals surface area contributed by atoms with Crippen LogP contribution >= 0.6 is 0 Å². The summed E-state index contributed by atoms with van der Waals surface area (Å²) in [4.78, 5) is 0. The van der Waals surface area contributed by atoms with Crippen molar-refractivity contribution in [1.29, 1.82) is 0 Å². The predicted molar refractivity (Wildman–Crippen MR) is 45.3 cm³/mol. The smallest absolute Gasteiger partial charge is 0.849 e. The van der Waals surface area contributed by atoms with E-state index in [0.717, 1.165) is 32.1 Å². The fourth-order valence-electron chi connectivity index (χ4n) is 2.02. The molecule has 1 fully saturated rings. The van der Waals surface area contributed by atoms with Gasteiger partial charge in [-0.2, -0.15) is 0 Å². The van der Waals surface area contributed by atoms with Crippen LogP contribution in [0.5, 0.6) is 0 Å². The summed E-state index contributed by atoms with van der Waals surface area (Å²) in [6.45, 7) is 4.23. The van der Waals surface area contributed by atoms with E-state index in [0.29, 0.717) is 5.92 Å². The Kier molecular flexibility index (Phi) is 5.57. The van der Waals surface area contributed by atoms with Crippen LogP contribution in [-0.4, -0.2) is 5.60 Å². The van der Waals surface area contributed by atoms with Gasteiger partial charge in [0.15, 0.2) is 0 Å². The van der Waals surface area contributed by atoms with Gasteiger partial charge in [-0.05, 0) is 0 Å². The molecule has 0 aromatic rings. The molecule has 1 unspecified atom stereocenters. The normalized spacial score (nSPS) is 24.2. The van der Waals surface area contributed by atoms with Gasteiger partial charge in [0.1, 0.15) is 0 Å². The van der Waals surface area contributed by atoms with Crippen LogP contribution in [0, 0.1) is 5.92 Å². The van der Waals surface area contributed by atoms with Gasteiger partial charge in [-0.1, -0.05) is 58.3 Å². The van der Waals surface area contributed by atoms with E-state index in [1.54, 1.807) is 0 Å². The Labute approximate surface area is 88.1 Å². The van der Waals surface area contributed by atoms with Crippen LogP contribution in [-0.2, 0) is 0 Å². The first-order chi connectivity index (χ1) is 5.19. The molecule has 2 heteroatoms. The van der Waals surface area contributed by atoms with Crippen molar-refractivity contribution in [2.45, 2.75) is 58.0 Å². The SMILES string of the molecule is CCC(C)C1([O-])CCCCC1.[Li+]. The van der Waals surface area contributed by atoms with Crippen LogP contribution in [0.2, 0.25) is 0 Å². The molecule has 0 bridgehead atoms. The maximum Gasteiger partial charge on any atom is 1.00 e. The van der Waals surface area contributed by atoms with Crippen molar-refractivity contribution in [1.82, 2.24) is 0 Å². The van der Waals surface area contributed by atoms with E-state index in [1.807, 2.05) is 0 Å². The molecular weight excluding hydrogens is 143 g/mol. The van der Waals surface area contributed by atoms with Crippen molar-refractivity contribution in [2.75, 3.05) is 0 Å². The fourth-order valence-corrected chi connectivity index (χ4v) is 2.02. The minimum atomic E-state index is -0.562. The molecule has 0 spiro atoms. The van der Waals surface area contributed by atoms with Gasteiger partial charge >= 0.3 is 18.9 Å². The second-order valence-corrected chi connectivity index (χ2v) is 3.93. The van der Waals surface area contributed by atoms with Gasteiger partial charge in [-0.25, -0.2) is 0 Å². The number of rotatable bonds is 2. The minimum absolute atomic E-state index is 0. The van der Waals surface area contributed by atoms with Crippen LogP contribution in [0.1, 0.15) is 52.4 Å². The first-order valence-electron chi connectivity index (χ1n) is 4.89. The van der Waals surface area contributed by atoms with Gasteiger partial charge < -0.3 is 5.11 Å². The molecular formula is C10H19LiO. The van der Waals surface area contributed by atoms with Crippen molar-refractivity contribution >= 4 is 0 Å². The van der Waals surface area contributed by atoms with E-state index in [4.69, 9.17) is 0 Å². The number of hydrogen-bond donors (Lipinski definition) is 0. The molecule has 0 aliphatic heterocycles. The average molecular weight is 162 g/mol. The Balaban J connectivity index is 0.00000121. The molecule has 0 heterocycles. The minimum Gasteiger partial charge on any atom is -0.849 e. The molecule has 1 atom stereocenters. The molecule has 66 valence electrons. The van der Waals surface area contributed by atoms with Gasteiger partial charge in [0.2, 0.25) is 0 Å². The van der Waals surface area contributed by atoms with E-state index in [1.165, 1.54) is 6.42 Å². The zero-order valence-corrected chi connectivity index (χ0v) is 8.73. The third kappa shape index (κ3) is 2.80. The van der Waals surface area contributed by atoms with Crippen molar-refractivity contribution in [3.05, 3.63) is 0 Å². The molecule has 1 nitrogen and oxygen atoms in total. The summed E-state index contributed by atoms with van der Waals surface area (Å²) in [6.07, 6.45) is 6.48. The van der Waals surface area contributed by atoms with E-state index in [2.05, 4.69) is 13.8 Å². The summed E-state index contributed by atoms with van der Waals surface area (Å²) in [5.41, 5.74) is -0.562. The van der Waals surface area contributed by atoms with E-state index < -0.39 is 5.60 Å². The summed E-state index contributed by atoms with van der Waals surface area (Å²) in [5.74, 6) is 0.378. The molecule has 0 aromatic carbocycles. The molecule has 0 N–H and O–H groups in total. The first kappa shape index (κ1) is 12.6. The Bertz CT molecular complexity index is 119. The standard InChI is InChI=1S/C10H19O.Li/c1-3-9(2)10(11)7-5-4-6-8-10;/h9H,3-8H2,1-2H3;/q-1;+1. The van der Waals surface area contributed by atoms with E-state index in [9.17, 15) is 5.11 Å². The summed E-state index contributed by atoms with van der Waals surface area (Å²) >= 11 is 0. The molecule has 0 aromatic heterocycles. The fraction of sp³-hybridized carbons (Fsp3) is 1.00. The second-order valence-electron chi connectivity index (χ2n) is 3.93. The van der Waals surface area contributed by atoms with Gasteiger partial charge in [-0.15, -0.1) is 5.60 Å². The van der Waals surface area contributed by atoms with Gasteiger partial charge in [-0.3, -0.25) is 0 Å². The molecule has 1 aliphatic rings. The average Bonchev–Trinajstić information content (AvgIpc) is 2.04. The second kappa shape index (κ2) is 5.32. The Morgan fingerprint density at radius 1 is 1.25 bits per heavy atom. The topological polar surface area (TPSA) is 23.1 Å². The van der Waals surface area contributed by atoms with E-state index >= 15 is 0 Å². The molecule has 0 amide bonds. The van der Waals surface area contributed by atoms with Crippen LogP contribution in [0.3, 0.4) is 0 Å². The predicted octanol–water partition coefficient (Wildman–Crippen LogP) is -0.900. The largest absolute Gasteiger partial charge is 1.00 e. The number of hydrogen-bond acceptors (Lipinski definition) is 1. The zero-order valence-electron chi connectivity index (χ0n) is 8.73. The molecule has 12 heavy (non-hydrogen) atoms. The monoisotopic (exact) mass is 162 g/mol. The molecule has 0 saturated heterocycles. The molecule has 1 saturated carbocycles. The van der Waals surface area contributed by atoms with Crippen LogP contribution in [0.4, 0.5) is 0 Å².